The van der Waals surface area contributed by atoms with E-state index in [9.17, 15) is 0 Å². The van der Waals surface area contributed by atoms with Gasteiger partial charge in [-0.05, 0) is 0 Å². The fourth-order valence-corrected chi connectivity index (χ4v) is 0. The van der Waals surface area contributed by atoms with Gasteiger partial charge in [0.05, 0.1) is 0 Å². The first kappa shape index (κ1) is 9.20. The van der Waals surface area contributed by atoms with Crippen LogP contribution in [0.1, 0.15) is 0 Å². The minimum Gasteiger partial charge on any atom is -0.337 e. The smallest absolute Gasteiger partial charge is 0.173 e. The molecule has 0 aromatic heterocycles. The Labute approximate surface area is 34.8 Å². The first-order chi connectivity index (χ1) is 1.41. The van der Waals surface area contributed by atoms with E-state index < -0.39 is 0 Å². The zero-order chi connectivity index (χ0) is 2.71. The molecule has 0 spiro atoms. The first-order valence-corrected chi connectivity index (χ1v) is 0.512. The van der Waals surface area contributed by atoms with Crippen molar-refractivity contribution in [2.75, 3.05) is 0 Å². The number of rotatable bonds is 0. The molecule has 1 radical (unpaired) electrons. The molecule has 2 N–H and O–H groups in total. The molecule has 0 saturated carbocycles. The molecule has 4 heavy (non-hydrogen) atoms. The van der Waals surface area contributed by atoms with Crippen molar-refractivity contribution in [1.82, 2.24) is 0 Å². The van der Waals surface area contributed by atoms with Crippen LogP contribution in [0.15, 0.2) is 0 Å². The Morgan fingerprint density at radius 1 is 1.75 bits per heavy atom. The van der Waals surface area contributed by atoms with Crippen molar-refractivity contribution in [3.8, 4) is 6.19 Å². The Hall–Kier alpha value is -0.204. The number of nitrogens with zero attached hydrogens (tertiary/aromatic N) is 1. The number of nitriles is 1. The maximum Gasteiger partial charge on any atom is 0.173 e. The third-order valence-electron chi connectivity index (χ3n) is 0. The Balaban J connectivity index is 0. The average Bonchev–Trinajstić information content (AvgIpc) is 0.918. The van der Waals surface area contributed by atoms with Crippen molar-refractivity contribution >= 4 is 0 Å². The number of nitrogens with two attached hydrogens (primary N) is 1. The van der Waals surface area contributed by atoms with Crippen LogP contribution >= 0.6 is 0 Å². The van der Waals surface area contributed by atoms with Crippen LogP contribution in [0.25, 0.3) is 0 Å². The van der Waals surface area contributed by atoms with Crippen LogP contribution in [0.3, 0.4) is 0 Å². The Morgan fingerprint density at radius 2 is 1.75 bits per heavy atom. The van der Waals surface area contributed by atoms with E-state index in [4.69, 9.17) is 5.26 Å². The second-order valence-corrected chi connectivity index (χ2v) is 0.129. The maximum absolute atomic E-state index is 7.10. The molecule has 0 heterocycles. The van der Waals surface area contributed by atoms with Crippen molar-refractivity contribution in [2.45, 2.75) is 0 Å². The first-order valence-electron chi connectivity index (χ1n) is 0.512. The zero-order valence-corrected chi connectivity index (χ0v) is 2.90. The average molecular weight is 101 g/mol. The molecular weight excluding hydrogens is 99.0 g/mol. The van der Waals surface area contributed by atoms with E-state index in [0.29, 0.717) is 0 Å². The van der Waals surface area contributed by atoms with Gasteiger partial charge >= 0.3 is 0 Å². The van der Waals surface area contributed by atoms with Crippen LogP contribution in [0.5, 0.6) is 0 Å². The Morgan fingerprint density at radius 3 is 1.75 bits per heavy atom. The summed E-state index contributed by atoms with van der Waals surface area (Å²) in [6, 6.07) is 0. The van der Waals surface area contributed by atoms with E-state index >= 15 is 0 Å². The molecular formula is CH2CoN2. The summed E-state index contributed by atoms with van der Waals surface area (Å²) in [5.41, 5.74) is 4.15. The van der Waals surface area contributed by atoms with E-state index in [1.165, 1.54) is 6.19 Å². The van der Waals surface area contributed by atoms with Gasteiger partial charge in [0.2, 0.25) is 0 Å². The molecule has 0 rings (SSSR count). The van der Waals surface area contributed by atoms with Gasteiger partial charge in [0.15, 0.2) is 6.19 Å². The quantitative estimate of drug-likeness (QED) is 0.328. The molecule has 0 saturated heterocycles. The molecule has 3 heteroatoms. The molecule has 0 unspecified atom stereocenters. The van der Waals surface area contributed by atoms with Crippen LogP contribution in [0.4, 0.5) is 0 Å². The van der Waals surface area contributed by atoms with E-state index in [-0.39, 0.29) is 16.8 Å². The third-order valence-corrected chi connectivity index (χ3v) is 0. The van der Waals surface area contributed by atoms with Gasteiger partial charge in [-0.25, -0.2) is 0 Å². The monoisotopic (exact) mass is 101 g/mol. The van der Waals surface area contributed by atoms with Crippen LogP contribution < -0.4 is 5.73 Å². The zero-order valence-electron chi connectivity index (χ0n) is 1.86. The van der Waals surface area contributed by atoms with Gasteiger partial charge in [0, 0.05) is 16.8 Å². The molecule has 25 valence electrons. The summed E-state index contributed by atoms with van der Waals surface area (Å²) in [7, 11) is 0. The molecule has 0 aromatic carbocycles. The summed E-state index contributed by atoms with van der Waals surface area (Å²) in [4.78, 5) is 0. The summed E-state index contributed by atoms with van der Waals surface area (Å²) in [5.74, 6) is 0. The molecule has 0 aliphatic carbocycles. The second kappa shape index (κ2) is 14.2. The second-order valence-electron chi connectivity index (χ2n) is 0.129. The fourth-order valence-electron chi connectivity index (χ4n) is 0. The predicted octanol–water partition coefficient (Wildman–Crippen LogP) is -0.576. The Kier molecular flexibility index (Phi) is 32.7. The molecule has 0 amide bonds. The molecule has 0 aliphatic heterocycles. The van der Waals surface area contributed by atoms with Crippen molar-refractivity contribution in [1.29, 1.82) is 5.26 Å². The summed E-state index contributed by atoms with van der Waals surface area (Å²) < 4.78 is 0. The SMILES string of the molecule is N#CN.[Co]. The van der Waals surface area contributed by atoms with Gasteiger partial charge in [0.25, 0.3) is 0 Å². The number of hydrogen-bond acceptors (Lipinski definition) is 2. The molecule has 0 aliphatic rings. The minimum absolute atomic E-state index is 0. The van der Waals surface area contributed by atoms with Gasteiger partial charge in [-0.1, -0.05) is 0 Å². The number of hydrogen-bond donors (Lipinski definition) is 1. The van der Waals surface area contributed by atoms with Gasteiger partial charge in [-0.15, -0.1) is 0 Å². The maximum atomic E-state index is 7.10. The van der Waals surface area contributed by atoms with Crippen molar-refractivity contribution < 1.29 is 16.8 Å². The van der Waals surface area contributed by atoms with E-state index in [1.807, 2.05) is 0 Å². The summed E-state index contributed by atoms with van der Waals surface area (Å²) >= 11 is 0. The molecule has 0 aromatic rings. The largest absolute Gasteiger partial charge is 0.337 e. The summed E-state index contributed by atoms with van der Waals surface area (Å²) in [6.07, 6.45) is 1.25. The third kappa shape index (κ3) is 27.5. The van der Waals surface area contributed by atoms with Crippen LogP contribution in [-0.4, -0.2) is 0 Å². The fraction of sp³-hybridized carbons (Fsp3) is 0. The molecule has 0 fully saturated rings. The van der Waals surface area contributed by atoms with Crippen LogP contribution in [-0.2, 0) is 16.8 Å². The van der Waals surface area contributed by atoms with Gasteiger partial charge in [-0.3, -0.25) is 0 Å². The van der Waals surface area contributed by atoms with Crippen LogP contribution in [0, 0.1) is 11.5 Å². The molecule has 0 atom stereocenters. The summed E-state index contributed by atoms with van der Waals surface area (Å²) in [5, 5.41) is 7.10. The topological polar surface area (TPSA) is 49.8 Å². The molecule has 2 nitrogen and oxygen atoms in total. The minimum atomic E-state index is 0. The van der Waals surface area contributed by atoms with E-state index in [0.717, 1.165) is 0 Å². The van der Waals surface area contributed by atoms with Crippen molar-refractivity contribution in [2.24, 2.45) is 5.73 Å². The predicted molar refractivity (Wildman–Crippen MR) is 9.80 cm³/mol. The van der Waals surface area contributed by atoms with E-state index in [1.54, 1.807) is 0 Å². The van der Waals surface area contributed by atoms with Gasteiger partial charge < -0.3 is 5.73 Å². The summed E-state index contributed by atoms with van der Waals surface area (Å²) in [6.45, 7) is 0. The van der Waals surface area contributed by atoms with Crippen molar-refractivity contribution in [3.63, 3.8) is 0 Å². The van der Waals surface area contributed by atoms with Crippen molar-refractivity contribution in [3.05, 3.63) is 0 Å². The van der Waals surface area contributed by atoms with E-state index in [2.05, 4.69) is 5.73 Å². The van der Waals surface area contributed by atoms with Crippen LogP contribution in [0.2, 0.25) is 0 Å². The normalized spacial score (nSPS) is 1.75. The standard InChI is InChI=1S/CH2N2.Co/c2-1-3;/h2H2;. The Bertz CT molecular complexity index is 27.5. The van der Waals surface area contributed by atoms with Gasteiger partial charge in [-0.2, -0.15) is 5.26 Å². The molecule has 0 bridgehead atoms. The van der Waals surface area contributed by atoms with Gasteiger partial charge in [0.1, 0.15) is 0 Å².